The first kappa shape index (κ1) is 42.9. The molecule has 2 aliphatic rings. The lowest BCUT2D eigenvalue weighted by Crippen LogP contribution is -2.79. The zero-order chi connectivity index (χ0) is 37.6. The van der Waals surface area contributed by atoms with Crippen molar-refractivity contribution in [2.45, 2.75) is 128 Å². The first-order valence-electron chi connectivity index (χ1n) is 16.6. The van der Waals surface area contributed by atoms with E-state index in [1.54, 1.807) is 19.6 Å². The fourth-order valence-corrected chi connectivity index (χ4v) is 10.8. The number of β-lactam (4-membered cyclic amide) rings is 1. The highest BCUT2D eigenvalue weighted by atomic mass is 32.2. The molecule has 0 aromatic carbocycles. The Hall–Kier alpha value is -2.22. The van der Waals surface area contributed by atoms with E-state index in [9.17, 15) is 36.8 Å². The molecule has 1 fully saturated rings. The summed E-state index contributed by atoms with van der Waals surface area (Å²) >= 11 is 0. The molecule has 0 radical (unpaired) electrons. The number of nitrogens with zero attached hydrogens (tertiary/aromatic N) is 4. The van der Waals surface area contributed by atoms with E-state index in [1.165, 1.54) is 19.6 Å². The van der Waals surface area contributed by atoms with E-state index < -0.39 is 73.7 Å². The van der Waals surface area contributed by atoms with Gasteiger partial charge in [0.2, 0.25) is 0 Å². The number of carbonyl (C=O) groups is 1. The predicted molar refractivity (Wildman–Crippen MR) is 181 cm³/mol. The molecule has 0 aromatic heterocycles. The molecule has 49 heavy (non-hydrogen) atoms. The van der Waals surface area contributed by atoms with E-state index in [4.69, 9.17) is 23.8 Å². The summed E-state index contributed by atoms with van der Waals surface area (Å²) in [6, 6.07) is 1.12. The molecule has 1 aliphatic heterocycles. The summed E-state index contributed by atoms with van der Waals surface area (Å²) < 4.78 is 97.9. The number of amidine groups is 1. The van der Waals surface area contributed by atoms with Crippen LogP contribution in [-0.4, -0.2) is 113 Å². The minimum absolute atomic E-state index is 0.0397. The Bertz CT molecular complexity index is 1380. The molecule has 1 heterocycles. The van der Waals surface area contributed by atoms with Crippen molar-refractivity contribution in [3.8, 4) is 6.07 Å². The van der Waals surface area contributed by atoms with Gasteiger partial charge < -0.3 is 28.9 Å². The van der Waals surface area contributed by atoms with Crippen molar-refractivity contribution in [1.29, 1.82) is 5.26 Å². The molecule has 4 atom stereocenters. The number of nitriles is 1. The van der Waals surface area contributed by atoms with Crippen molar-refractivity contribution in [2.24, 2.45) is 4.66 Å². The summed E-state index contributed by atoms with van der Waals surface area (Å²) in [5.41, 5.74) is -10.0. The maximum Gasteiger partial charge on any atom is 0.516 e. The number of carbonyl (C=O) groups excluding carboxylic acids is 1. The van der Waals surface area contributed by atoms with Crippen LogP contribution >= 0.6 is 0 Å². The Morgan fingerprint density at radius 3 is 1.96 bits per heavy atom. The van der Waals surface area contributed by atoms with E-state index in [-0.39, 0.29) is 48.3 Å². The Morgan fingerprint density at radius 1 is 1.00 bits per heavy atom. The summed E-state index contributed by atoms with van der Waals surface area (Å²) in [6.45, 7) is 16.5. The summed E-state index contributed by atoms with van der Waals surface area (Å²) in [6.07, 6.45) is -1.09. The Morgan fingerprint density at radius 2 is 1.53 bits per heavy atom. The first-order chi connectivity index (χ1) is 22.5. The molecule has 0 bridgehead atoms. The third-order valence-electron chi connectivity index (χ3n) is 7.43. The van der Waals surface area contributed by atoms with Crippen LogP contribution in [0.5, 0.6) is 0 Å². The average Bonchev–Trinajstić information content (AvgIpc) is 2.96. The van der Waals surface area contributed by atoms with Gasteiger partial charge in [-0.25, -0.2) is 3.97 Å². The zero-order valence-corrected chi connectivity index (χ0v) is 33.1. The summed E-state index contributed by atoms with van der Waals surface area (Å²) in [7, 11) is -12.5. The van der Waals surface area contributed by atoms with Crippen LogP contribution in [0.1, 0.15) is 59.8 Å². The molecular formula is C30H53F3N4O9SSi2. The number of aliphatic hydroxyl groups is 1. The number of hydroxylamine groups is 2. The minimum Gasteiger partial charge on any atom is -0.494 e. The SMILES string of the molecule is CCCOC[C@]1(O)C(OCCC)=C(C#N)[C@]2(CC(=O)N2O/C(=N/[Si](C)(C)C)N([Si](C)(C)C)S(=O)(=O)C(F)(F)F)[C@H](OCCC)[C@@H]1OCCC. The number of rotatable bonds is 17. The van der Waals surface area contributed by atoms with Gasteiger partial charge in [-0.3, -0.25) is 9.45 Å². The molecule has 0 aromatic rings. The summed E-state index contributed by atoms with van der Waals surface area (Å²) in [5, 5.41) is 23.9. The van der Waals surface area contributed by atoms with Gasteiger partial charge in [0.1, 0.15) is 29.6 Å². The van der Waals surface area contributed by atoms with Crippen molar-refractivity contribution in [3.63, 3.8) is 0 Å². The minimum atomic E-state index is -6.07. The molecule has 13 nitrogen and oxygen atoms in total. The van der Waals surface area contributed by atoms with Crippen molar-refractivity contribution >= 4 is 38.4 Å². The van der Waals surface area contributed by atoms with Crippen molar-refractivity contribution in [3.05, 3.63) is 11.3 Å². The van der Waals surface area contributed by atoms with Gasteiger partial charge in [0.05, 0.1) is 19.6 Å². The molecule has 19 heteroatoms. The molecule has 282 valence electrons. The van der Waals surface area contributed by atoms with Crippen LogP contribution < -0.4 is 0 Å². The third kappa shape index (κ3) is 8.99. The highest BCUT2D eigenvalue weighted by molar-refractivity contribution is 7.91. The van der Waals surface area contributed by atoms with E-state index in [0.717, 1.165) is 0 Å². The van der Waals surface area contributed by atoms with Gasteiger partial charge in [-0.05, 0) is 45.3 Å². The molecule has 0 saturated carbocycles. The maximum atomic E-state index is 14.2. The number of sulfonamides is 1. The van der Waals surface area contributed by atoms with E-state index in [0.29, 0.717) is 30.7 Å². The summed E-state index contributed by atoms with van der Waals surface area (Å²) in [5.74, 6) is -1.04. The Balaban J connectivity index is 3.05. The van der Waals surface area contributed by atoms with Gasteiger partial charge in [-0.1, -0.05) is 47.3 Å². The Labute approximate surface area is 290 Å². The lowest BCUT2D eigenvalue weighted by atomic mass is 9.64. The largest absolute Gasteiger partial charge is 0.516 e. The number of halogens is 3. The zero-order valence-electron chi connectivity index (χ0n) is 30.3. The maximum absolute atomic E-state index is 14.2. The topological polar surface area (TPSA) is 160 Å². The van der Waals surface area contributed by atoms with Gasteiger partial charge >= 0.3 is 21.6 Å². The van der Waals surface area contributed by atoms with E-state index in [2.05, 4.69) is 10.7 Å². The van der Waals surface area contributed by atoms with Crippen LogP contribution in [0.2, 0.25) is 39.3 Å². The number of ether oxygens (including phenoxy) is 4. The molecule has 1 amide bonds. The van der Waals surface area contributed by atoms with Crippen molar-refractivity contribution in [1.82, 2.24) is 9.03 Å². The fraction of sp³-hybridized carbons (Fsp3) is 0.833. The highest BCUT2D eigenvalue weighted by Crippen LogP contribution is 2.53. The molecule has 0 unspecified atom stereocenters. The lowest BCUT2D eigenvalue weighted by molar-refractivity contribution is -0.279. The number of amides is 1. The quantitative estimate of drug-likeness (QED) is 0.0701. The van der Waals surface area contributed by atoms with Crippen LogP contribution in [0.15, 0.2) is 16.0 Å². The average molecular weight is 759 g/mol. The monoisotopic (exact) mass is 758 g/mol. The number of hydrogen-bond donors (Lipinski definition) is 1. The van der Waals surface area contributed by atoms with Crippen LogP contribution in [-0.2, 0) is 38.6 Å². The molecule has 2 rings (SSSR count). The second-order valence-electron chi connectivity index (χ2n) is 14.1. The fourth-order valence-electron chi connectivity index (χ4n) is 5.56. The van der Waals surface area contributed by atoms with Gasteiger partial charge in [-0.2, -0.15) is 31.9 Å². The van der Waals surface area contributed by atoms with Crippen LogP contribution in [0.25, 0.3) is 0 Å². The Kier molecular flexibility index (Phi) is 14.4. The van der Waals surface area contributed by atoms with E-state index >= 15 is 0 Å². The third-order valence-corrected chi connectivity index (χ3v) is 13.3. The van der Waals surface area contributed by atoms with Crippen molar-refractivity contribution in [2.75, 3.05) is 33.0 Å². The van der Waals surface area contributed by atoms with Gasteiger partial charge in [0.25, 0.3) is 5.91 Å². The first-order valence-corrected chi connectivity index (χ1v) is 24.9. The van der Waals surface area contributed by atoms with Crippen molar-refractivity contribution < 1.29 is 55.3 Å². The second kappa shape index (κ2) is 16.4. The second-order valence-corrected chi connectivity index (χ2v) is 25.5. The number of alkyl halides is 3. The lowest BCUT2D eigenvalue weighted by Gasteiger charge is -2.59. The smallest absolute Gasteiger partial charge is 0.494 e. The summed E-state index contributed by atoms with van der Waals surface area (Å²) in [4.78, 5) is 19.7. The standard InChI is InChI=1S/C30H53F3N4O9SSi2/c1-11-15-42-21-29(39)24(43-16-12-2)22(20-34)28(25(44-17-13-3)26(29)45-18-14-4)19-23(38)36(28)46-27(35-48(5,6)7)37(49(8,9)10)47(40,41)30(31,32)33/h25-26,39H,11-19,21H2,1-10H3/b35-27+/t25-,26+,28-,29+/m1/s1. The van der Waals surface area contributed by atoms with Crippen LogP contribution in [0.3, 0.4) is 0 Å². The molecule has 1 aliphatic carbocycles. The van der Waals surface area contributed by atoms with Crippen LogP contribution in [0.4, 0.5) is 13.2 Å². The molecule has 1 spiro atoms. The van der Waals surface area contributed by atoms with Gasteiger partial charge in [0.15, 0.2) is 27.6 Å². The van der Waals surface area contributed by atoms with Gasteiger partial charge in [0, 0.05) is 19.8 Å². The predicted octanol–water partition coefficient (Wildman–Crippen LogP) is 5.03. The van der Waals surface area contributed by atoms with E-state index in [1.807, 2.05) is 27.7 Å². The highest BCUT2D eigenvalue weighted by Gasteiger charge is 2.72. The molecule has 1 saturated heterocycles. The van der Waals surface area contributed by atoms with Gasteiger partial charge in [-0.15, -0.1) is 0 Å². The van der Waals surface area contributed by atoms with Crippen LogP contribution in [0, 0.1) is 11.3 Å². The molecule has 1 N–H and O–H groups in total. The number of hydrogen-bond acceptors (Lipinski definition) is 11. The molecular weight excluding hydrogens is 706 g/mol. The normalized spacial score (nSPS) is 25.4.